The van der Waals surface area contributed by atoms with Gasteiger partial charge in [0.2, 0.25) is 0 Å². The predicted octanol–water partition coefficient (Wildman–Crippen LogP) is 0.435. The maximum Gasteiger partial charge on any atom is 0.316 e. The van der Waals surface area contributed by atoms with Crippen molar-refractivity contribution in [2.45, 2.75) is 24.9 Å². The van der Waals surface area contributed by atoms with Crippen LogP contribution in [0, 0.1) is 5.92 Å². The third-order valence-electron chi connectivity index (χ3n) is 3.71. The van der Waals surface area contributed by atoms with Crippen LogP contribution < -0.4 is 10.1 Å². The van der Waals surface area contributed by atoms with Crippen molar-refractivity contribution in [2.24, 2.45) is 5.92 Å². The molecule has 2 fully saturated rings. The Morgan fingerprint density at radius 1 is 1.32 bits per heavy atom. The Balaban J connectivity index is 1.72. The number of Topliss-reactive ketones (excluding diaryl/α,β-unsaturated/α-hetero) is 1. The fourth-order valence-corrected chi connectivity index (χ4v) is 2.84. The van der Waals surface area contributed by atoms with Gasteiger partial charge in [0.15, 0.2) is 5.78 Å². The zero-order valence-electron chi connectivity index (χ0n) is 10.8. The number of morpholine rings is 1. The molecule has 2 aliphatic rings. The summed E-state index contributed by atoms with van der Waals surface area (Å²) in [7, 11) is 1.50. The van der Waals surface area contributed by atoms with Gasteiger partial charge in [0.25, 0.3) is 0 Å². The van der Waals surface area contributed by atoms with Crippen molar-refractivity contribution in [1.82, 2.24) is 15.3 Å². The van der Waals surface area contributed by atoms with E-state index in [0.717, 1.165) is 12.8 Å². The van der Waals surface area contributed by atoms with Crippen LogP contribution in [0.1, 0.15) is 23.2 Å². The van der Waals surface area contributed by atoms with Gasteiger partial charge in [0, 0.05) is 30.4 Å². The summed E-state index contributed by atoms with van der Waals surface area (Å²) in [6.45, 7) is 1.39. The molecule has 6 nitrogen and oxygen atoms in total. The number of carbonyl (C=O) groups is 1. The summed E-state index contributed by atoms with van der Waals surface area (Å²) < 4.78 is 10.4. The van der Waals surface area contributed by atoms with Crippen LogP contribution in [0.5, 0.6) is 6.01 Å². The number of hydrogen-bond acceptors (Lipinski definition) is 6. The highest BCUT2D eigenvalue weighted by Crippen LogP contribution is 2.26. The van der Waals surface area contributed by atoms with Crippen LogP contribution >= 0.6 is 0 Å². The third-order valence-corrected chi connectivity index (χ3v) is 3.71. The van der Waals surface area contributed by atoms with Crippen LogP contribution in [0.4, 0.5) is 0 Å². The third kappa shape index (κ3) is 2.59. The highest BCUT2D eigenvalue weighted by Gasteiger charge is 2.35. The summed E-state index contributed by atoms with van der Waals surface area (Å²) in [5, 5.41) is 3.48. The molecule has 19 heavy (non-hydrogen) atoms. The van der Waals surface area contributed by atoms with E-state index in [4.69, 9.17) is 9.47 Å². The average molecular weight is 263 g/mol. The van der Waals surface area contributed by atoms with Gasteiger partial charge in [-0.2, -0.15) is 0 Å². The largest absolute Gasteiger partial charge is 0.467 e. The number of nitrogens with one attached hydrogen (secondary N) is 1. The van der Waals surface area contributed by atoms with Gasteiger partial charge in [-0.15, -0.1) is 0 Å². The molecule has 1 aromatic rings. The summed E-state index contributed by atoms with van der Waals surface area (Å²) >= 11 is 0. The Hall–Kier alpha value is -1.53. The molecule has 2 unspecified atom stereocenters. The summed E-state index contributed by atoms with van der Waals surface area (Å²) in [6.07, 6.45) is 4.73. The molecule has 3 heterocycles. The fraction of sp³-hybridized carbons (Fsp3) is 0.615. The first kappa shape index (κ1) is 12.5. The second-order valence-electron chi connectivity index (χ2n) is 5.09. The smallest absolute Gasteiger partial charge is 0.316 e. The molecule has 102 valence electrons. The number of ether oxygens (including phenoxy) is 2. The second kappa shape index (κ2) is 5.22. The lowest BCUT2D eigenvalue weighted by Crippen LogP contribution is -2.55. The van der Waals surface area contributed by atoms with Crippen molar-refractivity contribution in [3.05, 3.63) is 18.0 Å². The molecule has 0 aliphatic carbocycles. The molecule has 3 rings (SSSR count). The molecule has 0 aromatic carbocycles. The monoisotopic (exact) mass is 263 g/mol. The summed E-state index contributed by atoms with van der Waals surface area (Å²) in [6, 6.07) is 0.869. The minimum Gasteiger partial charge on any atom is -0.467 e. The molecule has 6 heteroatoms. The first-order valence-electron chi connectivity index (χ1n) is 6.50. The normalized spacial score (nSPS) is 29.8. The summed E-state index contributed by atoms with van der Waals surface area (Å²) in [5.41, 5.74) is 0.562. The highest BCUT2D eigenvalue weighted by atomic mass is 16.5. The van der Waals surface area contributed by atoms with Gasteiger partial charge in [0.05, 0.1) is 25.9 Å². The first-order chi connectivity index (χ1) is 9.26. The lowest BCUT2D eigenvalue weighted by molar-refractivity contribution is 0.00951. The Morgan fingerprint density at radius 2 is 1.95 bits per heavy atom. The Bertz CT molecular complexity index is 451. The molecule has 1 aromatic heterocycles. The lowest BCUT2D eigenvalue weighted by atomic mass is 9.82. The van der Waals surface area contributed by atoms with Crippen LogP contribution in [0.2, 0.25) is 0 Å². The Morgan fingerprint density at radius 3 is 2.53 bits per heavy atom. The number of carbonyl (C=O) groups excluding carboxylic acids is 1. The van der Waals surface area contributed by atoms with Crippen molar-refractivity contribution in [3.8, 4) is 6.01 Å². The van der Waals surface area contributed by atoms with Gasteiger partial charge in [0.1, 0.15) is 0 Å². The van der Waals surface area contributed by atoms with Gasteiger partial charge < -0.3 is 14.8 Å². The molecule has 2 aliphatic heterocycles. The van der Waals surface area contributed by atoms with Gasteiger partial charge >= 0.3 is 6.01 Å². The molecule has 2 bridgehead atoms. The maximum atomic E-state index is 12.4. The Kier molecular flexibility index (Phi) is 3.44. The lowest BCUT2D eigenvalue weighted by Gasteiger charge is -2.39. The van der Waals surface area contributed by atoms with Gasteiger partial charge in [-0.1, -0.05) is 0 Å². The molecule has 1 N–H and O–H groups in total. The molecule has 0 amide bonds. The number of nitrogens with zero attached hydrogens (tertiary/aromatic N) is 2. The number of fused-ring (bicyclic) bond motifs is 2. The summed E-state index contributed by atoms with van der Waals surface area (Å²) in [4.78, 5) is 20.4. The minimum absolute atomic E-state index is 0.0390. The van der Waals surface area contributed by atoms with Gasteiger partial charge in [-0.05, 0) is 12.8 Å². The highest BCUT2D eigenvalue weighted by molar-refractivity contribution is 5.97. The number of ketones is 1. The van der Waals surface area contributed by atoms with Crippen molar-refractivity contribution in [3.63, 3.8) is 0 Å². The van der Waals surface area contributed by atoms with E-state index in [9.17, 15) is 4.79 Å². The minimum atomic E-state index is 0.0390. The SMILES string of the molecule is COc1ncc(C(=O)C2CC3COCC(C2)N3)cn1. The van der Waals surface area contributed by atoms with Crippen molar-refractivity contribution < 1.29 is 14.3 Å². The van der Waals surface area contributed by atoms with Crippen molar-refractivity contribution in [2.75, 3.05) is 20.3 Å². The van der Waals surface area contributed by atoms with Crippen molar-refractivity contribution in [1.29, 1.82) is 0 Å². The molecule has 2 atom stereocenters. The standard InChI is InChI=1S/C13H17N3O3/c1-18-13-14-4-9(5-15-13)12(17)8-2-10-6-19-7-11(3-8)16-10/h4-5,8,10-11,16H,2-3,6-7H2,1H3. The number of piperidine rings is 1. The average Bonchev–Trinajstić information content (AvgIpc) is 2.46. The van der Waals surface area contributed by atoms with E-state index < -0.39 is 0 Å². The van der Waals surface area contributed by atoms with E-state index in [2.05, 4.69) is 15.3 Å². The number of rotatable bonds is 3. The number of aromatic nitrogens is 2. The maximum absolute atomic E-state index is 12.4. The van der Waals surface area contributed by atoms with Crippen LogP contribution in [-0.2, 0) is 4.74 Å². The van der Waals surface area contributed by atoms with Crippen LogP contribution in [0.15, 0.2) is 12.4 Å². The zero-order valence-corrected chi connectivity index (χ0v) is 10.8. The fourth-order valence-electron chi connectivity index (χ4n) is 2.84. The molecule has 0 saturated carbocycles. The van der Waals surface area contributed by atoms with Crippen LogP contribution in [0.3, 0.4) is 0 Å². The number of hydrogen-bond donors (Lipinski definition) is 1. The topological polar surface area (TPSA) is 73.3 Å². The van der Waals surface area contributed by atoms with E-state index in [1.54, 1.807) is 12.4 Å². The molecule has 0 spiro atoms. The summed E-state index contributed by atoms with van der Waals surface area (Å²) in [5.74, 6) is 0.165. The van der Waals surface area contributed by atoms with Gasteiger partial charge in [-0.25, -0.2) is 9.97 Å². The van der Waals surface area contributed by atoms with Crippen LogP contribution in [0.25, 0.3) is 0 Å². The van der Waals surface area contributed by atoms with E-state index in [-0.39, 0.29) is 17.7 Å². The van der Waals surface area contributed by atoms with E-state index in [1.165, 1.54) is 7.11 Å². The van der Waals surface area contributed by atoms with E-state index in [0.29, 0.717) is 30.9 Å². The Labute approximate surface area is 111 Å². The molecular weight excluding hydrogens is 246 g/mol. The van der Waals surface area contributed by atoms with Gasteiger partial charge in [-0.3, -0.25) is 4.79 Å². The second-order valence-corrected chi connectivity index (χ2v) is 5.09. The molecular formula is C13H17N3O3. The predicted molar refractivity (Wildman–Crippen MR) is 67.2 cm³/mol. The number of methoxy groups -OCH3 is 1. The van der Waals surface area contributed by atoms with E-state index >= 15 is 0 Å². The zero-order chi connectivity index (χ0) is 13.2. The molecule has 0 radical (unpaired) electrons. The first-order valence-corrected chi connectivity index (χ1v) is 6.50. The quantitative estimate of drug-likeness (QED) is 0.797. The van der Waals surface area contributed by atoms with Crippen molar-refractivity contribution >= 4 is 5.78 Å². The van der Waals surface area contributed by atoms with Crippen LogP contribution in [-0.4, -0.2) is 48.2 Å². The van der Waals surface area contributed by atoms with E-state index in [1.807, 2.05) is 0 Å². The molecule has 2 saturated heterocycles.